The number of alkyl halides is 1. The largest absolute Gasteiger partial charge is 0.383 e. The van der Waals surface area contributed by atoms with Gasteiger partial charge in [0, 0.05) is 25.7 Å². The average molecular weight is 257 g/mol. The number of nitrogens with zero attached hydrogens (tertiary/aromatic N) is 2. The number of anilines is 1. The van der Waals surface area contributed by atoms with Crippen LogP contribution in [0.25, 0.3) is 0 Å². The fourth-order valence-corrected chi connectivity index (χ4v) is 2.15. The van der Waals surface area contributed by atoms with Crippen molar-refractivity contribution in [1.82, 2.24) is 4.98 Å². The van der Waals surface area contributed by atoms with Gasteiger partial charge in [0.05, 0.1) is 12.6 Å². The number of hydrogen-bond acceptors (Lipinski definition) is 3. The molecule has 1 rings (SSSR count). The van der Waals surface area contributed by atoms with Crippen LogP contribution < -0.4 is 4.90 Å². The van der Waals surface area contributed by atoms with Crippen molar-refractivity contribution in [2.45, 2.75) is 32.7 Å². The maximum atomic E-state index is 5.80. The third kappa shape index (κ3) is 3.58. The Balaban J connectivity index is 2.95. The summed E-state index contributed by atoms with van der Waals surface area (Å²) >= 11 is 5.80. The van der Waals surface area contributed by atoms with Gasteiger partial charge in [-0.1, -0.05) is 0 Å². The zero-order valence-corrected chi connectivity index (χ0v) is 11.8. The SMILES string of the molecule is CCN(c1ncc(CCl)cc1C)C(C)COC. The zero-order valence-electron chi connectivity index (χ0n) is 11.0. The molecule has 1 aromatic rings. The third-order valence-electron chi connectivity index (χ3n) is 2.81. The van der Waals surface area contributed by atoms with Crippen molar-refractivity contribution in [1.29, 1.82) is 0 Å². The van der Waals surface area contributed by atoms with E-state index in [-0.39, 0.29) is 0 Å². The summed E-state index contributed by atoms with van der Waals surface area (Å²) in [5.41, 5.74) is 2.22. The molecule has 0 amide bonds. The van der Waals surface area contributed by atoms with Crippen LogP contribution >= 0.6 is 11.6 Å². The zero-order chi connectivity index (χ0) is 12.8. The van der Waals surface area contributed by atoms with Gasteiger partial charge in [0.2, 0.25) is 0 Å². The van der Waals surface area contributed by atoms with E-state index in [1.54, 1.807) is 7.11 Å². The van der Waals surface area contributed by atoms with Gasteiger partial charge in [-0.25, -0.2) is 4.98 Å². The Morgan fingerprint density at radius 3 is 2.71 bits per heavy atom. The number of methoxy groups -OCH3 is 1. The highest BCUT2D eigenvalue weighted by atomic mass is 35.5. The first kappa shape index (κ1) is 14.3. The molecule has 0 N–H and O–H groups in total. The quantitative estimate of drug-likeness (QED) is 0.732. The number of rotatable bonds is 6. The van der Waals surface area contributed by atoms with Crippen LogP contribution in [-0.4, -0.2) is 31.3 Å². The summed E-state index contributed by atoms with van der Waals surface area (Å²) in [6.45, 7) is 7.96. The highest BCUT2D eigenvalue weighted by Crippen LogP contribution is 2.20. The van der Waals surface area contributed by atoms with Crippen LogP contribution in [0.3, 0.4) is 0 Å². The lowest BCUT2D eigenvalue weighted by Gasteiger charge is -2.30. The van der Waals surface area contributed by atoms with Crippen molar-refractivity contribution >= 4 is 17.4 Å². The minimum absolute atomic E-state index is 0.318. The Kier molecular flexibility index (Phi) is 5.72. The number of hydrogen-bond donors (Lipinski definition) is 0. The first-order valence-electron chi connectivity index (χ1n) is 5.91. The second-order valence-electron chi connectivity index (χ2n) is 4.21. The Bertz CT molecular complexity index is 357. The number of likely N-dealkylation sites (N-methyl/N-ethyl adjacent to an activating group) is 1. The molecule has 0 radical (unpaired) electrons. The first-order valence-corrected chi connectivity index (χ1v) is 6.44. The van der Waals surface area contributed by atoms with Crippen molar-refractivity contribution in [2.24, 2.45) is 0 Å². The van der Waals surface area contributed by atoms with Gasteiger partial charge >= 0.3 is 0 Å². The van der Waals surface area contributed by atoms with Gasteiger partial charge in [-0.2, -0.15) is 0 Å². The fourth-order valence-electron chi connectivity index (χ4n) is 2.00. The molecule has 0 aliphatic carbocycles. The lowest BCUT2D eigenvalue weighted by atomic mass is 10.2. The summed E-state index contributed by atoms with van der Waals surface area (Å²) in [5.74, 6) is 1.53. The molecule has 1 atom stereocenters. The highest BCUT2D eigenvalue weighted by molar-refractivity contribution is 6.17. The molecule has 0 saturated carbocycles. The van der Waals surface area contributed by atoms with Crippen LogP contribution in [0.1, 0.15) is 25.0 Å². The minimum Gasteiger partial charge on any atom is -0.383 e. The number of aryl methyl sites for hydroxylation is 1. The second-order valence-corrected chi connectivity index (χ2v) is 4.48. The predicted molar refractivity (Wildman–Crippen MR) is 72.9 cm³/mol. The summed E-state index contributed by atoms with van der Waals surface area (Å²) in [6.07, 6.45) is 1.84. The van der Waals surface area contributed by atoms with Gasteiger partial charge in [0.1, 0.15) is 5.82 Å². The number of ether oxygens (including phenoxy) is 1. The molecule has 1 aromatic heterocycles. The maximum Gasteiger partial charge on any atom is 0.131 e. The summed E-state index contributed by atoms with van der Waals surface area (Å²) < 4.78 is 5.20. The van der Waals surface area contributed by atoms with Crippen LogP contribution in [0, 0.1) is 6.92 Å². The van der Waals surface area contributed by atoms with Crippen LogP contribution in [0.5, 0.6) is 0 Å². The molecule has 1 heterocycles. The fraction of sp³-hybridized carbons (Fsp3) is 0.615. The number of aromatic nitrogens is 1. The van der Waals surface area contributed by atoms with Gasteiger partial charge in [0.15, 0.2) is 0 Å². The standard InChI is InChI=1S/C13H21ClN2O/c1-5-16(11(3)9-17-4)13-10(2)6-12(7-14)8-15-13/h6,8,11H,5,7,9H2,1-4H3. The Morgan fingerprint density at radius 2 is 2.24 bits per heavy atom. The van der Waals surface area contributed by atoms with Crippen molar-refractivity contribution in [2.75, 3.05) is 25.2 Å². The Morgan fingerprint density at radius 1 is 1.53 bits per heavy atom. The van der Waals surface area contributed by atoms with Gasteiger partial charge in [-0.3, -0.25) is 0 Å². The summed E-state index contributed by atoms with van der Waals surface area (Å²) in [5, 5.41) is 0. The number of halogens is 1. The molecule has 4 heteroatoms. The van der Waals surface area contributed by atoms with Crippen LogP contribution in [0.4, 0.5) is 5.82 Å². The average Bonchev–Trinajstić information content (AvgIpc) is 2.32. The van der Waals surface area contributed by atoms with E-state index in [1.165, 1.54) is 0 Å². The van der Waals surface area contributed by atoms with Crippen LogP contribution in [0.15, 0.2) is 12.3 Å². The molecule has 17 heavy (non-hydrogen) atoms. The van der Waals surface area contributed by atoms with Crippen LogP contribution in [-0.2, 0) is 10.6 Å². The Hall–Kier alpha value is -0.800. The van der Waals surface area contributed by atoms with E-state index >= 15 is 0 Å². The molecule has 0 aromatic carbocycles. The lowest BCUT2D eigenvalue weighted by molar-refractivity contribution is 0.181. The van der Waals surface area contributed by atoms with E-state index < -0.39 is 0 Å². The first-order chi connectivity index (χ1) is 8.13. The lowest BCUT2D eigenvalue weighted by Crippen LogP contribution is -2.37. The second kappa shape index (κ2) is 6.82. The molecule has 0 spiro atoms. The summed E-state index contributed by atoms with van der Waals surface area (Å²) in [7, 11) is 1.72. The van der Waals surface area contributed by atoms with E-state index in [1.807, 2.05) is 6.20 Å². The van der Waals surface area contributed by atoms with Crippen molar-refractivity contribution in [3.63, 3.8) is 0 Å². The van der Waals surface area contributed by atoms with Crippen molar-refractivity contribution < 1.29 is 4.74 Å². The molecule has 96 valence electrons. The molecule has 1 unspecified atom stereocenters. The van der Waals surface area contributed by atoms with Crippen molar-refractivity contribution in [3.8, 4) is 0 Å². The molecule has 0 aliphatic rings. The van der Waals surface area contributed by atoms with E-state index in [0.29, 0.717) is 18.5 Å². The van der Waals surface area contributed by atoms with Crippen molar-refractivity contribution in [3.05, 3.63) is 23.4 Å². The molecule has 0 fully saturated rings. The van der Waals surface area contributed by atoms with E-state index in [4.69, 9.17) is 16.3 Å². The Labute approximate surface area is 109 Å². The maximum absolute atomic E-state index is 5.80. The monoisotopic (exact) mass is 256 g/mol. The molecular formula is C13H21ClN2O. The van der Waals surface area contributed by atoms with Gasteiger partial charge in [-0.05, 0) is 38.0 Å². The van der Waals surface area contributed by atoms with E-state index in [0.717, 1.165) is 23.5 Å². The minimum atomic E-state index is 0.318. The van der Waals surface area contributed by atoms with Crippen LogP contribution in [0.2, 0.25) is 0 Å². The summed E-state index contributed by atoms with van der Waals surface area (Å²) in [4.78, 5) is 6.76. The summed E-state index contributed by atoms with van der Waals surface area (Å²) in [6, 6.07) is 2.41. The molecule has 0 aliphatic heterocycles. The molecular weight excluding hydrogens is 236 g/mol. The van der Waals surface area contributed by atoms with E-state index in [2.05, 4.69) is 36.7 Å². The van der Waals surface area contributed by atoms with E-state index in [9.17, 15) is 0 Å². The van der Waals surface area contributed by atoms with Gasteiger partial charge < -0.3 is 9.64 Å². The van der Waals surface area contributed by atoms with Gasteiger partial charge in [-0.15, -0.1) is 11.6 Å². The highest BCUT2D eigenvalue weighted by Gasteiger charge is 2.15. The predicted octanol–water partition coefficient (Wildman–Crippen LogP) is 2.99. The smallest absolute Gasteiger partial charge is 0.131 e. The normalized spacial score (nSPS) is 12.5. The van der Waals surface area contributed by atoms with Gasteiger partial charge in [0.25, 0.3) is 0 Å². The molecule has 0 saturated heterocycles. The third-order valence-corrected chi connectivity index (χ3v) is 3.12. The molecule has 0 bridgehead atoms. The molecule has 3 nitrogen and oxygen atoms in total. The number of pyridine rings is 1. The topological polar surface area (TPSA) is 25.4 Å².